The summed E-state index contributed by atoms with van der Waals surface area (Å²) < 4.78 is 21.0. The number of cyclic esters (lactones) is 4. The second-order valence-electron chi connectivity index (χ2n) is 12.7. The van der Waals surface area contributed by atoms with Gasteiger partial charge in [-0.15, -0.1) is 0 Å². The molecule has 54 heavy (non-hydrogen) atoms. The Kier molecular flexibility index (Phi) is 8.27. The molecule has 2 heterocycles. The Balaban J connectivity index is 1.12. The number of hydrogen-bond donors (Lipinski definition) is 0. The molecule has 0 spiro atoms. The molecule has 0 aliphatic carbocycles. The van der Waals surface area contributed by atoms with Crippen LogP contribution >= 0.6 is 0 Å². The fourth-order valence-corrected chi connectivity index (χ4v) is 6.40. The lowest BCUT2D eigenvalue weighted by Gasteiger charge is -2.17. The smallest absolute Gasteiger partial charge is 0.346 e. The minimum Gasteiger partial charge on any atom is -0.423 e. The molecule has 6 aromatic rings. The largest absolute Gasteiger partial charge is 0.423 e. The van der Waals surface area contributed by atoms with Crippen molar-refractivity contribution < 1.29 is 47.7 Å². The maximum Gasteiger partial charge on any atom is 0.346 e. The van der Waals surface area contributed by atoms with Crippen LogP contribution in [-0.4, -0.2) is 35.8 Å². The van der Waals surface area contributed by atoms with Crippen LogP contribution in [0.25, 0.3) is 33.4 Å². The highest BCUT2D eigenvalue weighted by Crippen LogP contribution is 2.40. The molecule has 10 nitrogen and oxygen atoms in total. The summed E-state index contributed by atoms with van der Waals surface area (Å²) in [7, 11) is 0. The Morgan fingerprint density at radius 1 is 0.444 bits per heavy atom. The Bertz CT molecular complexity index is 2620. The van der Waals surface area contributed by atoms with Gasteiger partial charge < -0.3 is 18.9 Å². The molecule has 0 atom stereocenters. The predicted molar refractivity (Wildman–Crippen MR) is 195 cm³/mol. The van der Waals surface area contributed by atoms with E-state index >= 15 is 0 Å². The molecule has 0 fully saturated rings. The topological polar surface area (TPSA) is 139 Å². The first-order valence-corrected chi connectivity index (χ1v) is 16.7. The van der Waals surface area contributed by atoms with Crippen LogP contribution in [0, 0.1) is 13.8 Å². The lowest BCUT2D eigenvalue weighted by atomic mass is 9.96. The van der Waals surface area contributed by atoms with Gasteiger partial charge in [0.25, 0.3) is 0 Å². The lowest BCUT2D eigenvalue weighted by molar-refractivity contribution is 0.0425. The van der Waals surface area contributed by atoms with Crippen molar-refractivity contribution in [1.82, 2.24) is 0 Å². The van der Waals surface area contributed by atoms with Crippen LogP contribution in [0.1, 0.15) is 73.3 Å². The van der Waals surface area contributed by atoms with Crippen molar-refractivity contribution in [2.45, 2.75) is 13.8 Å². The van der Waals surface area contributed by atoms with E-state index in [1.54, 1.807) is 19.1 Å². The van der Waals surface area contributed by atoms with Gasteiger partial charge in [0.15, 0.2) is 0 Å². The van der Waals surface area contributed by atoms with Gasteiger partial charge in [-0.2, -0.15) is 0 Å². The minimum absolute atomic E-state index is 0.00972. The van der Waals surface area contributed by atoms with Crippen molar-refractivity contribution in [3.8, 4) is 44.9 Å². The average Bonchev–Trinajstić information content (AvgIpc) is 3.64. The monoisotopic (exact) mass is 714 g/mol. The summed E-state index contributed by atoms with van der Waals surface area (Å²) in [6, 6.07) is 35.1. The van der Waals surface area contributed by atoms with E-state index in [-0.39, 0.29) is 50.4 Å². The molecule has 262 valence electrons. The number of carbonyl (C=O) groups is 6. The number of carbonyl (C=O) groups excluding carboxylic acids is 6. The van der Waals surface area contributed by atoms with Crippen molar-refractivity contribution in [1.29, 1.82) is 0 Å². The summed E-state index contributed by atoms with van der Waals surface area (Å²) in [4.78, 5) is 75.0. The third kappa shape index (κ3) is 6.11. The van der Waals surface area contributed by atoms with Gasteiger partial charge in [0.2, 0.25) is 0 Å². The molecule has 0 saturated carbocycles. The first-order valence-electron chi connectivity index (χ1n) is 16.7. The van der Waals surface area contributed by atoms with E-state index in [1.165, 1.54) is 42.0 Å². The van der Waals surface area contributed by atoms with Crippen LogP contribution < -0.4 is 9.47 Å². The van der Waals surface area contributed by atoms with E-state index < -0.39 is 35.8 Å². The summed E-state index contributed by atoms with van der Waals surface area (Å²) in [6.45, 7) is 3.66. The van der Waals surface area contributed by atoms with Gasteiger partial charge >= 0.3 is 35.8 Å². The summed E-state index contributed by atoms with van der Waals surface area (Å²) in [5.41, 5.74) is 6.77. The van der Waals surface area contributed by atoms with Crippen LogP contribution in [0.5, 0.6) is 11.5 Å². The second-order valence-corrected chi connectivity index (χ2v) is 12.7. The van der Waals surface area contributed by atoms with Crippen LogP contribution in [0.4, 0.5) is 0 Å². The number of ether oxygens (including phenoxy) is 4. The maximum absolute atomic E-state index is 13.6. The standard InChI is InChI=1S/C44H26O10/c1-23-4-3-5-29(20-23)27-8-6-25(7-9-27)26-10-12-28(13-11-26)32-18-19-37(51-39(45)30-14-16-33-35(21-30)43(49)53-41(33)47)24(2)38(32)52-40(46)31-15-17-34-36(22-31)44(50)54-42(34)48/h3-22H,1-2H3. The van der Waals surface area contributed by atoms with Gasteiger partial charge in [-0.25, -0.2) is 28.8 Å². The van der Waals surface area contributed by atoms with E-state index in [0.717, 1.165) is 22.3 Å². The maximum atomic E-state index is 13.6. The zero-order chi connectivity index (χ0) is 37.7. The molecule has 8 rings (SSSR count). The zero-order valence-electron chi connectivity index (χ0n) is 28.6. The van der Waals surface area contributed by atoms with Gasteiger partial charge in [-0.05, 0) is 90.2 Å². The van der Waals surface area contributed by atoms with Crippen molar-refractivity contribution in [3.63, 3.8) is 0 Å². The Morgan fingerprint density at radius 2 is 0.907 bits per heavy atom. The van der Waals surface area contributed by atoms with Gasteiger partial charge in [-0.1, -0.05) is 78.4 Å². The van der Waals surface area contributed by atoms with E-state index in [9.17, 15) is 28.8 Å². The molecule has 0 amide bonds. The van der Waals surface area contributed by atoms with Crippen LogP contribution in [0.3, 0.4) is 0 Å². The third-order valence-corrected chi connectivity index (χ3v) is 9.28. The van der Waals surface area contributed by atoms with Gasteiger partial charge in [-0.3, -0.25) is 0 Å². The number of esters is 6. The molecular weight excluding hydrogens is 688 g/mol. The molecular formula is C44H26O10. The highest BCUT2D eigenvalue weighted by atomic mass is 16.6. The molecule has 0 radical (unpaired) electrons. The number of fused-ring (bicyclic) bond motifs is 2. The van der Waals surface area contributed by atoms with Crippen LogP contribution in [0.15, 0.2) is 121 Å². The number of rotatable bonds is 7. The Morgan fingerprint density at radius 3 is 1.44 bits per heavy atom. The third-order valence-electron chi connectivity index (χ3n) is 9.28. The number of aryl methyl sites for hydroxylation is 1. The molecule has 0 N–H and O–H groups in total. The first-order chi connectivity index (χ1) is 26.0. The van der Waals surface area contributed by atoms with Gasteiger partial charge in [0.05, 0.1) is 33.4 Å². The van der Waals surface area contributed by atoms with Crippen LogP contribution in [-0.2, 0) is 9.47 Å². The summed E-state index contributed by atoms with van der Waals surface area (Å²) >= 11 is 0. The fraction of sp³-hybridized carbons (Fsp3) is 0.0455. The molecule has 6 aromatic carbocycles. The van der Waals surface area contributed by atoms with Crippen molar-refractivity contribution in [2.24, 2.45) is 0 Å². The molecule has 0 bridgehead atoms. The van der Waals surface area contributed by atoms with E-state index in [4.69, 9.17) is 9.47 Å². The normalized spacial score (nSPS) is 12.9. The minimum atomic E-state index is -0.871. The molecule has 10 heteroatoms. The quantitative estimate of drug-likeness (QED) is 0.0900. The SMILES string of the molecule is Cc1cccc(-c2ccc(-c3ccc(-c4ccc(OC(=O)c5ccc6c(c5)C(=O)OC6=O)c(C)c4OC(=O)c4ccc5c(c4)C(=O)OC5=O)cc3)cc2)c1. The highest BCUT2D eigenvalue weighted by molar-refractivity contribution is 6.16. The second kappa shape index (κ2) is 13.3. The molecule has 0 aromatic heterocycles. The number of hydrogen-bond acceptors (Lipinski definition) is 10. The van der Waals surface area contributed by atoms with E-state index in [1.807, 2.05) is 30.3 Å². The van der Waals surface area contributed by atoms with E-state index in [2.05, 4.69) is 58.9 Å². The number of benzene rings is 6. The van der Waals surface area contributed by atoms with Gasteiger partial charge in [0.1, 0.15) is 11.5 Å². The molecule has 2 aliphatic heterocycles. The molecule has 2 aliphatic rings. The first kappa shape index (κ1) is 33.7. The van der Waals surface area contributed by atoms with Crippen molar-refractivity contribution in [2.75, 3.05) is 0 Å². The fourth-order valence-electron chi connectivity index (χ4n) is 6.40. The summed E-state index contributed by atoms with van der Waals surface area (Å²) in [6.07, 6.45) is 0. The molecule has 0 unspecified atom stereocenters. The predicted octanol–water partition coefficient (Wildman–Crippen LogP) is 8.36. The summed E-state index contributed by atoms with van der Waals surface area (Å²) in [5.74, 6) is -4.90. The highest BCUT2D eigenvalue weighted by Gasteiger charge is 2.32. The van der Waals surface area contributed by atoms with Crippen molar-refractivity contribution in [3.05, 3.63) is 166 Å². The van der Waals surface area contributed by atoms with Crippen molar-refractivity contribution >= 4 is 35.8 Å². The Labute approximate surface area is 307 Å². The molecule has 0 saturated heterocycles. The average molecular weight is 715 g/mol. The van der Waals surface area contributed by atoms with Crippen LogP contribution in [0.2, 0.25) is 0 Å². The zero-order valence-corrected chi connectivity index (χ0v) is 28.6. The summed E-state index contributed by atoms with van der Waals surface area (Å²) in [5, 5.41) is 0. The van der Waals surface area contributed by atoms with E-state index in [0.29, 0.717) is 11.1 Å². The Hall–Kier alpha value is -7.46. The lowest BCUT2D eigenvalue weighted by Crippen LogP contribution is -2.13. The van der Waals surface area contributed by atoms with Gasteiger partial charge in [0, 0.05) is 11.1 Å².